The molecule has 1 amide bonds. The predicted molar refractivity (Wildman–Crippen MR) is 77.1 cm³/mol. The number of hydrogen-bond donors (Lipinski definition) is 2. The first kappa shape index (κ1) is 14.6. The molecule has 4 heteroatoms. The molecular weight excluding hydrogens is 240 g/mol. The molecule has 100 valence electrons. The van der Waals surface area contributed by atoms with Crippen LogP contribution in [-0.2, 0) is 0 Å². The summed E-state index contributed by atoms with van der Waals surface area (Å²) in [6.45, 7) is 2.08. The molecule has 0 saturated heterocycles. The molecule has 0 radical (unpaired) electrons. The Kier molecular flexibility index (Phi) is 5.41. The summed E-state index contributed by atoms with van der Waals surface area (Å²) in [5.74, 6) is -0.174. The Hall–Kier alpha value is -2.49. The van der Waals surface area contributed by atoms with Gasteiger partial charge in [-0.1, -0.05) is 42.0 Å². The largest absolute Gasteiger partial charge is 0.496 e. The maximum absolute atomic E-state index is 10.9. The van der Waals surface area contributed by atoms with Crippen LogP contribution in [-0.4, -0.2) is 13.0 Å². The number of carbonyl (C=O) groups excluding carboxylic acids is 1. The van der Waals surface area contributed by atoms with E-state index in [1.54, 1.807) is 18.2 Å². The van der Waals surface area contributed by atoms with Gasteiger partial charge in [-0.05, 0) is 19.1 Å². The summed E-state index contributed by atoms with van der Waals surface area (Å²) in [7, 11) is 1.46. The zero-order valence-electron chi connectivity index (χ0n) is 11.1. The van der Waals surface area contributed by atoms with Crippen LogP contribution in [0.25, 0.3) is 0 Å². The lowest BCUT2D eigenvalue weighted by Gasteiger charge is -2.06. The van der Waals surface area contributed by atoms with Crippen molar-refractivity contribution in [1.29, 1.82) is 0 Å². The van der Waals surface area contributed by atoms with Crippen molar-refractivity contribution in [3.05, 3.63) is 59.7 Å². The number of ether oxygens (including phenoxy) is 1. The molecule has 0 aliphatic heterocycles. The highest BCUT2D eigenvalue weighted by Crippen LogP contribution is 2.22. The zero-order valence-corrected chi connectivity index (χ0v) is 11.1. The maximum Gasteiger partial charge on any atom is 0.254 e. The lowest BCUT2D eigenvalue weighted by molar-refractivity contribution is 0.0998. The number of anilines is 1. The summed E-state index contributed by atoms with van der Waals surface area (Å²) in [6, 6.07) is 15.2. The van der Waals surface area contributed by atoms with E-state index in [0.717, 1.165) is 0 Å². The van der Waals surface area contributed by atoms with Crippen LogP contribution in [0.4, 0.5) is 5.69 Å². The number of methoxy groups -OCH3 is 1. The average Bonchev–Trinajstić information content (AvgIpc) is 2.39. The van der Waals surface area contributed by atoms with Crippen LogP contribution in [0, 0.1) is 6.92 Å². The van der Waals surface area contributed by atoms with Crippen LogP contribution in [0.5, 0.6) is 5.75 Å². The lowest BCUT2D eigenvalue weighted by atomic mass is 10.1. The second kappa shape index (κ2) is 7.06. The van der Waals surface area contributed by atoms with E-state index in [9.17, 15) is 4.79 Å². The third-order valence-corrected chi connectivity index (χ3v) is 2.47. The number of benzene rings is 2. The molecule has 2 aromatic rings. The fourth-order valence-electron chi connectivity index (χ4n) is 1.52. The van der Waals surface area contributed by atoms with Gasteiger partial charge in [-0.3, -0.25) is 4.79 Å². The fraction of sp³-hybridized carbons (Fsp3) is 0.133. The quantitative estimate of drug-likeness (QED) is 0.812. The normalized spacial score (nSPS) is 9.16. The molecule has 4 nitrogen and oxygen atoms in total. The summed E-state index contributed by atoms with van der Waals surface area (Å²) in [6.07, 6.45) is 0. The van der Waals surface area contributed by atoms with Gasteiger partial charge in [0.1, 0.15) is 11.3 Å². The highest BCUT2D eigenvalue weighted by atomic mass is 16.5. The van der Waals surface area contributed by atoms with Crippen LogP contribution in [0.15, 0.2) is 48.5 Å². The van der Waals surface area contributed by atoms with Gasteiger partial charge in [0.2, 0.25) is 0 Å². The number of amides is 1. The SMILES string of the molecule is COc1cccc(N)c1C(N)=O.Cc1ccccc1. The van der Waals surface area contributed by atoms with Gasteiger partial charge >= 0.3 is 0 Å². The standard InChI is InChI=1S/C8H10N2O2.C7H8/c1-12-6-4-2-3-5(9)7(6)8(10)11;1-7-5-3-2-4-6-7/h2-4H,9H2,1H3,(H2,10,11);2-6H,1H3. The van der Waals surface area contributed by atoms with Crippen molar-refractivity contribution < 1.29 is 9.53 Å². The molecule has 0 heterocycles. The van der Waals surface area contributed by atoms with Crippen LogP contribution >= 0.6 is 0 Å². The summed E-state index contributed by atoms with van der Waals surface area (Å²) < 4.78 is 4.91. The number of aryl methyl sites for hydroxylation is 1. The second-order valence-corrected chi connectivity index (χ2v) is 3.94. The van der Waals surface area contributed by atoms with Crippen molar-refractivity contribution in [2.45, 2.75) is 6.92 Å². The molecule has 0 bridgehead atoms. The van der Waals surface area contributed by atoms with Gasteiger partial charge in [-0.25, -0.2) is 0 Å². The third-order valence-electron chi connectivity index (χ3n) is 2.47. The van der Waals surface area contributed by atoms with Gasteiger partial charge < -0.3 is 16.2 Å². The van der Waals surface area contributed by atoms with Crippen molar-refractivity contribution in [2.24, 2.45) is 5.73 Å². The smallest absolute Gasteiger partial charge is 0.254 e. The Morgan fingerprint density at radius 2 is 1.68 bits per heavy atom. The van der Waals surface area contributed by atoms with Gasteiger partial charge in [0.05, 0.1) is 7.11 Å². The molecule has 2 aromatic carbocycles. The number of nitrogen functional groups attached to an aromatic ring is 1. The third kappa shape index (κ3) is 4.35. The number of carbonyl (C=O) groups is 1. The lowest BCUT2D eigenvalue weighted by Crippen LogP contribution is -2.14. The van der Waals surface area contributed by atoms with Crippen LogP contribution in [0.1, 0.15) is 15.9 Å². The van der Waals surface area contributed by atoms with Crippen LogP contribution in [0.2, 0.25) is 0 Å². The Labute approximate surface area is 113 Å². The molecule has 2 rings (SSSR count). The molecule has 0 unspecified atom stereocenters. The zero-order chi connectivity index (χ0) is 14.3. The number of hydrogen-bond acceptors (Lipinski definition) is 3. The Bertz CT molecular complexity index is 539. The van der Waals surface area contributed by atoms with Gasteiger partial charge in [0, 0.05) is 5.69 Å². The minimum Gasteiger partial charge on any atom is -0.496 e. The molecule has 19 heavy (non-hydrogen) atoms. The van der Waals surface area contributed by atoms with E-state index in [0.29, 0.717) is 11.4 Å². The summed E-state index contributed by atoms with van der Waals surface area (Å²) in [5, 5.41) is 0. The Morgan fingerprint density at radius 1 is 1.05 bits per heavy atom. The molecular formula is C15H18N2O2. The van der Waals surface area contributed by atoms with E-state index >= 15 is 0 Å². The van der Waals surface area contributed by atoms with E-state index in [2.05, 4.69) is 19.1 Å². The molecule has 0 aliphatic rings. The first-order chi connectivity index (χ1) is 9.06. The molecule has 0 spiro atoms. The van der Waals surface area contributed by atoms with Crippen LogP contribution in [0.3, 0.4) is 0 Å². The predicted octanol–water partition coefficient (Wildman–Crippen LogP) is 2.37. The van der Waals surface area contributed by atoms with Gasteiger partial charge in [0.25, 0.3) is 5.91 Å². The maximum atomic E-state index is 10.9. The monoisotopic (exact) mass is 258 g/mol. The fourth-order valence-corrected chi connectivity index (χ4v) is 1.52. The van der Waals surface area contributed by atoms with Crippen molar-refractivity contribution >= 4 is 11.6 Å². The van der Waals surface area contributed by atoms with Crippen molar-refractivity contribution in [3.63, 3.8) is 0 Å². The van der Waals surface area contributed by atoms with E-state index in [-0.39, 0.29) is 5.56 Å². The Balaban J connectivity index is 0.000000218. The molecule has 0 aromatic heterocycles. The molecule has 0 saturated carbocycles. The van der Waals surface area contributed by atoms with Crippen LogP contribution < -0.4 is 16.2 Å². The number of nitrogens with two attached hydrogens (primary N) is 2. The summed E-state index contributed by atoms with van der Waals surface area (Å²) in [4.78, 5) is 10.9. The Morgan fingerprint density at radius 3 is 2.05 bits per heavy atom. The van der Waals surface area contributed by atoms with Crippen molar-refractivity contribution in [1.82, 2.24) is 0 Å². The first-order valence-corrected chi connectivity index (χ1v) is 5.80. The first-order valence-electron chi connectivity index (χ1n) is 5.80. The molecule has 0 fully saturated rings. The van der Waals surface area contributed by atoms with E-state index in [1.165, 1.54) is 12.7 Å². The van der Waals surface area contributed by atoms with E-state index in [4.69, 9.17) is 16.2 Å². The van der Waals surface area contributed by atoms with E-state index < -0.39 is 5.91 Å². The summed E-state index contributed by atoms with van der Waals surface area (Å²) >= 11 is 0. The molecule has 0 aliphatic carbocycles. The van der Waals surface area contributed by atoms with E-state index in [1.807, 2.05) is 18.2 Å². The highest BCUT2D eigenvalue weighted by Gasteiger charge is 2.11. The number of rotatable bonds is 2. The van der Waals surface area contributed by atoms with Gasteiger partial charge in [-0.15, -0.1) is 0 Å². The summed E-state index contributed by atoms with van der Waals surface area (Å²) in [5.41, 5.74) is 12.5. The molecule has 0 atom stereocenters. The van der Waals surface area contributed by atoms with Crippen molar-refractivity contribution in [3.8, 4) is 5.75 Å². The minimum absolute atomic E-state index is 0.236. The second-order valence-electron chi connectivity index (χ2n) is 3.94. The highest BCUT2D eigenvalue weighted by molar-refractivity contribution is 6.00. The molecule has 4 N–H and O–H groups in total. The minimum atomic E-state index is -0.579. The number of primary amides is 1. The van der Waals surface area contributed by atoms with Crippen molar-refractivity contribution in [2.75, 3.05) is 12.8 Å². The topological polar surface area (TPSA) is 78.3 Å². The average molecular weight is 258 g/mol. The van der Waals surface area contributed by atoms with Gasteiger partial charge in [0.15, 0.2) is 0 Å². The van der Waals surface area contributed by atoms with Gasteiger partial charge in [-0.2, -0.15) is 0 Å².